The van der Waals surface area contributed by atoms with E-state index >= 15 is 0 Å². The lowest BCUT2D eigenvalue weighted by atomic mass is 10.2. The molecular weight excluding hydrogens is 398 g/mol. The molecule has 3 rings (SSSR count). The number of hydrogen-bond donors (Lipinski definition) is 0. The van der Waals surface area contributed by atoms with Gasteiger partial charge in [-0.2, -0.15) is 0 Å². The van der Waals surface area contributed by atoms with Gasteiger partial charge in [-0.05, 0) is 48.5 Å². The van der Waals surface area contributed by atoms with Crippen molar-refractivity contribution in [2.24, 2.45) is 0 Å². The molecule has 5 nitrogen and oxygen atoms in total. The van der Waals surface area contributed by atoms with Gasteiger partial charge in [0, 0.05) is 10.6 Å². The summed E-state index contributed by atoms with van der Waals surface area (Å²) in [6.45, 7) is 0.0960. The Labute approximate surface area is 170 Å². The molecule has 0 N–H and O–H groups in total. The van der Waals surface area contributed by atoms with Crippen molar-refractivity contribution in [2.45, 2.75) is 11.4 Å². The minimum Gasteiger partial charge on any atom is -0.497 e. The quantitative estimate of drug-likeness (QED) is 0.556. The molecule has 0 atom stereocenters. The van der Waals surface area contributed by atoms with Crippen LogP contribution in [-0.2, 0) is 16.6 Å². The Bertz CT molecular complexity index is 1050. The Hall–Kier alpha value is -2.70. The van der Waals surface area contributed by atoms with E-state index in [0.29, 0.717) is 22.2 Å². The van der Waals surface area contributed by atoms with Crippen molar-refractivity contribution in [3.8, 4) is 11.5 Å². The van der Waals surface area contributed by atoms with Gasteiger partial charge in [-0.15, -0.1) is 0 Å². The van der Waals surface area contributed by atoms with Gasteiger partial charge in [-0.1, -0.05) is 35.9 Å². The van der Waals surface area contributed by atoms with E-state index < -0.39 is 10.0 Å². The van der Waals surface area contributed by atoms with Crippen LogP contribution in [0.5, 0.6) is 11.5 Å². The first-order chi connectivity index (χ1) is 13.5. The standard InChI is InChI=1S/C21H20ClNO4S/c1-26-19-10-12-20(13-11-19)28(24,25)23(18-8-5-7-17(22)14-18)15-16-6-3-4-9-21(16)27-2/h3-14H,15H2,1-2H3. The molecule has 3 aromatic rings. The van der Waals surface area contributed by atoms with E-state index in [9.17, 15) is 8.42 Å². The molecule has 28 heavy (non-hydrogen) atoms. The SMILES string of the molecule is COc1ccc(S(=O)(=O)N(Cc2ccccc2OC)c2cccc(Cl)c2)cc1. The summed E-state index contributed by atoms with van der Waals surface area (Å²) in [7, 11) is -0.768. The molecule has 0 aliphatic rings. The fourth-order valence-corrected chi connectivity index (χ4v) is 4.43. The molecule has 0 fully saturated rings. The number of halogens is 1. The topological polar surface area (TPSA) is 55.8 Å². The van der Waals surface area contributed by atoms with Crippen molar-refractivity contribution in [3.63, 3.8) is 0 Å². The third-order valence-electron chi connectivity index (χ3n) is 4.25. The van der Waals surface area contributed by atoms with Crippen LogP contribution in [0.15, 0.2) is 77.7 Å². The maximum atomic E-state index is 13.4. The second-order valence-corrected chi connectivity index (χ2v) is 8.28. The summed E-state index contributed by atoms with van der Waals surface area (Å²) in [4.78, 5) is 0.156. The van der Waals surface area contributed by atoms with Gasteiger partial charge in [0.2, 0.25) is 0 Å². The van der Waals surface area contributed by atoms with Crippen LogP contribution < -0.4 is 13.8 Å². The average molecular weight is 418 g/mol. The fraction of sp³-hybridized carbons (Fsp3) is 0.143. The first-order valence-corrected chi connectivity index (χ1v) is 10.3. The van der Waals surface area contributed by atoms with Crippen LogP contribution in [0.2, 0.25) is 5.02 Å². The van der Waals surface area contributed by atoms with E-state index in [0.717, 1.165) is 5.56 Å². The van der Waals surface area contributed by atoms with E-state index in [1.807, 2.05) is 18.2 Å². The minimum atomic E-state index is -3.86. The van der Waals surface area contributed by atoms with Gasteiger partial charge in [0.05, 0.1) is 31.3 Å². The molecule has 0 bridgehead atoms. The Balaban J connectivity index is 2.09. The third kappa shape index (κ3) is 4.24. The van der Waals surface area contributed by atoms with E-state index in [4.69, 9.17) is 21.1 Å². The van der Waals surface area contributed by atoms with Crippen molar-refractivity contribution in [3.05, 3.63) is 83.4 Å². The monoisotopic (exact) mass is 417 g/mol. The van der Waals surface area contributed by atoms with Crippen LogP contribution >= 0.6 is 11.6 Å². The largest absolute Gasteiger partial charge is 0.497 e. The summed E-state index contributed by atoms with van der Waals surface area (Å²) in [6, 6.07) is 20.3. The zero-order valence-corrected chi connectivity index (χ0v) is 17.1. The van der Waals surface area contributed by atoms with Crippen molar-refractivity contribution >= 4 is 27.3 Å². The highest BCUT2D eigenvalue weighted by Gasteiger charge is 2.26. The Kier molecular flexibility index (Phi) is 6.11. The molecule has 0 spiro atoms. The first kappa shape index (κ1) is 20.0. The molecular formula is C21H20ClNO4S. The number of anilines is 1. The summed E-state index contributed by atoms with van der Waals surface area (Å²) in [6.07, 6.45) is 0. The number of para-hydroxylation sites is 1. The lowest BCUT2D eigenvalue weighted by molar-refractivity contribution is 0.410. The molecule has 7 heteroatoms. The molecule has 0 saturated heterocycles. The van der Waals surface area contributed by atoms with E-state index in [1.54, 1.807) is 49.6 Å². The van der Waals surface area contributed by atoms with Crippen LogP contribution in [0, 0.1) is 0 Å². The lowest BCUT2D eigenvalue weighted by Gasteiger charge is -2.25. The normalized spacial score (nSPS) is 11.1. The van der Waals surface area contributed by atoms with Crippen LogP contribution in [0.25, 0.3) is 0 Å². The van der Waals surface area contributed by atoms with Gasteiger partial charge in [-0.25, -0.2) is 8.42 Å². The summed E-state index contributed by atoms with van der Waals surface area (Å²) in [5.74, 6) is 1.19. The number of sulfonamides is 1. The van der Waals surface area contributed by atoms with E-state index in [2.05, 4.69) is 0 Å². The molecule has 0 aliphatic carbocycles. The summed E-state index contributed by atoms with van der Waals surface area (Å²) in [5.41, 5.74) is 1.20. The van der Waals surface area contributed by atoms with Crippen LogP contribution in [-0.4, -0.2) is 22.6 Å². The predicted molar refractivity (Wildman–Crippen MR) is 111 cm³/mol. The van der Waals surface area contributed by atoms with E-state index in [1.165, 1.54) is 23.5 Å². The van der Waals surface area contributed by atoms with Gasteiger partial charge in [0.25, 0.3) is 10.0 Å². The van der Waals surface area contributed by atoms with Crippen LogP contribution in [0.3, 0.4) is 0 Å². The average Bonchev–Trinajstić information content (AvgIpc) is 2.72. The summed E-state index contributed by atoms with van der Waals surface area (Å²) in [5, 5.41) is 0.451. The first-order valence-electron chi connectivity index (χ1n) is 8.50. The molecule has 3 aromatic carbocycles. The second-order valence-electron chi connectivity index (χ2n) is 5.98. The number of nitrogens with zero attached hydrogens (tertiary/aromatic N) is 1. The number of hydrogen-bond acceptors (Lipinski definition) is 4. The van der Waals surface area contributed by atoms with Gasteiger partial charge in [-0.3, -0.25) is 4.31 Å². The van der Waals surface area contributed by atoms with Crippen LogP contribution in [0.4, 0.5) is 5.69 Å². The summed E-state index contributed by atoms with van der Waals surface area (Å²) < 4.78 is 38.7. The van der Waals surface area contributed by atoms with Crippen LogP contribution in [0.1, 0.15) is 5.56 Å². The van der Waals surface area contributed by atoms with Gasteiger partial charge in [0.1, 0.15) is 11.5 Å². The third-order valence-corrected chi connectivity index (χ3v) is 6.27. The van der Waals surface area contributed by atoms with Gasteiger partial charge < -0.3 is 9.47 Å². The Morgan fingerprint density at radius 1 is 0.893 bits per heavy atom. The highest BCUT2D eigenvalue weighted by molar-refractivity contribution is 7.92. The lowest BCUT2D eigenvalue weighted by Crippen LogP contribution is -2.30. The molecule has 146 valence electrons. The molecule has 0 heterocycles. The zero-order valence-electron chi connectivity index (χ0n) is 15.5. The molecule has 0 radical (unpaired) electrons. The highest BCUT2D eigenvalue weighted by Crippen LogP contribution is 2.30. The molecule has 0 saturated carbocycles. The molecule has 0 amide bonds. The maximum absolute atomic E-state index is 13.4. The van der Waals surface area contributed by atoms with Gasteiger partial charge >= 0.3 is 0 Å². The summed E-state index contributed by atoms with van der Waals surface area (Å²) >= 11 is 6.12. The number of methoxy groups -OCH3 is 2. The number of rotatable bonds is 7. The van der Waals surface area contributed by atoms with Crippen molar-refractivity contribution in [1.29, 1.82) is 0 Å². The van der Waals surface area contributed by atoms with Crippen molar-refractivity contribution in [1.82, 2.24) is 0 Å². The number of ether oxygens (including phenoxy) is 2. The van der Waals surface area contributed by atoms with Gasteiger partial charge in [0.15, 0.2) is 0 Å². The van der Waals surface area contributed by atoms with E-state index in [-0.39, 0.29) is 11.4 Å². The zero-order chi connectivity index (χ0) is 20.1. The van der Waals surface area contributed by atoms with Crippen molar-refractivity contribution < 1.29 is 17.9 Å². The molecule has 0 aromatic heterocycles. The number of benzene rings is 3. The minimum absolute atomic E-state index is 0.0960. The highest BCUT2D eigenvalue weighted by atomic mass is 35.5. The Morgan fingerprint density at radius 2 is 1.61 bits per heavy atom. The Morgan fingerprint density at radius 3 is 2.25 bits per heavy atom. The molecule has 0 aliphatic heterocycles. The smallest absolute Gasteiger partial charge is 0.264 e. The molecule has 0 unspecified atom stereocenters. The van der Waals surface area contributed by atoms with Crippen molar-refractivity contribution in [2.75, 3.05) is 18.5 Å². The second kappa shape index (κ2) is 8.54. The maximum Gasteiger partial charge on any atom is 0.264 e. The fourth-order valence-electron chi connectivity index (χ4n) is 2.81. The predicted octanol–water partition coefficient (Wildman–Crippen LogP) is 4.75.